The van der Waals surface area contributed by atoms with Crippen LogP contribution < -0.4 is 6.15 Å². The van der Waals surface area contributed by atoms with E-state index in [1.54, 1.807) is 0 Å². The molecule has 1 aromatic carbocycles. The molecule has 0 saturated carbocycles. The Morgan fingerprint density at radius 2 is 1.48 bits per heavy atom. The third kappa shape index (κ3) is 3.27. The molecule has 0 unspecified atom stereocenters. The van der Waals surface area contributed by atoms with E-state index in [0.717, 1.165) is 35.4 Å². The third-order valence-electron chi connectivity index (χ3n) is 3.86. The summed E-state index contributed by atoms with van der Waals surface area (Å²) in [4.78, 5) is 4.14. The maximum Gasteiger partial charge on any atom is 0.101 e. The Bertz CT molecular complexity index is 755. The maximum absolute atomic E-state index is 4.53. The van der Waals surface area contributed by atoms with Crippen LogP contribution in [0.1, 0.15) is 25.1 Å². The summed E-state index contributed by atoms with van der Waals surface area (Å²) in [7, 11) is 0. The Morgan fingerprint density at radius 1 is 0.783 bits per heavy atom. The van der Waals surface area contributed by atoms with Gasteiger partial charge in [0.1, 0.15) is 5.69 Å². The van der Waals surface area contributed by atoms with E-state index in [4.69, 9.17) is 0 Å². The minimum Gasteiger partial charge on any atom is -0.344 e. The second kappa shape index (κ2) is 7.61. The fraction of sp³-hybridized carbons (Fsp3) is 0.211. The molecule has 118 valence electrons. The summed E-state index contributed by atoms with van der Waals surface area (Å²) in [5, 5.41) is 9.00. The second-order valence-electron chi connectivity index (χ2n) is 5.16. The lowest BCUT2D eigenvalue weighted by molar-refractivity contribution is 0.885. The molecular formula is C19H22N4. The number of hydrogen-bond acceptors (Lipinski definition) is 4. The summed E-state index contributed by atoms with van der Waals surface area (Å²) in [6.07, 6.45) is 5.49. The van der Waals surface area contributed by atoms with Crippen LogP contribution in [-0.4, -0.2) is 15.2 Å². The average molecular weight is 306 g/mol. The summed E-state index contributed by atoms with van der Waals surface area (Å²) in [5.41, 5.74) is 6.73. The first-order chi connectivity index (χ1) is 10.8. The van der Waals surface area contributed by atoms with E-state index in [1.165, 1.54) is 11.1 Å². The molecule has 0 radical (unpaired) electrons. The Balaban J connectivity index is 0.00000192. The van der Waals surface area contributed by atoms with Crippen molar-refractivity contribution in [2.24, 2.45) is 0 Å². The molecular weight excluding hydrogens is 284 g/mol. The van der Waals surface area contributed by atoms with Crippen molar-refractivity contribution in [3.63, 3.8) is 0 Å². The number of rotatable bonds is 4. The van der Waals surface area contributed by atoms with Crippen LogP contribution in [0.5, 0.6) is 0 Å². The SMILES string of the molecule is CCc1nnc(-c2ccccc2)c(-c2ccncc2)c1CC.N. The van der Waals surface area contributed by atoms with Crippen LogP contribution in [0.15, 0.2) is 54.9 Å². The zero-order valence-corrected chi connectivity index (χ0v) is 13.7. The van der Waals surface area contributed by atoms with E-state index in [0.29, 0.717) is 0 Å². The predicted molar refractivity (Wildman–Crippen MR) is 94.5 cm³/mol. The van der Waals surface area contributed by atoms with E-state index in [1.807, 2.05) is 42.7 Å². The van der Waals surface area contributed by atoms with Gasteiger partial charge >= 0.3 is 0 Å². The van der Waals surface area contributed by atoms with Gasteiger partial charge in [-0.3, -0.25) is 4.98 Å². The molecule has 2 heterocycles. The highest BCUT2D eigenvalue weighted by Gasteiger charge is 2.17. The highest BCUT2D eigenvalue weighted by Crippen LogP contribution is 2.34. The van der Waals surface area contributed by atoms with Crippen LogP contribution in [0, 0.1) is 0 Å². The van der Waals surface area contributed by atoms with Gasteiger partial charge in [0.05, 0.1) is 5.69 Å². The molecule has 0 aliphatic carbocycles. The van der Waals surface area contributed by atoms with Gasteiger partial charge in [-0.2, -0.15) is 5.10 Å². The van der Waals surface area contributed by atoms with Gasteiger partial charge in [-0.25, -0.2) is 0 Å². The number of hydrogen-bond donors (Lipinski definition) is 1. The number of benzene rings is 1. The minimum atomic E-state index is 0. The lowest BCUT2D eigenvalue weighted by Crippen LogP contribution is -2.04. The first kappa shape index (κ1) is 16.8. The lowest BCUT2D eigenvalue weighted by Gasteiger charge is -2.16. The van der Waals surface area contributed by atoms with Crippen LogP contribution in [0.25, 0.3) is 22.4 Å². The summed E-state index contributed by atoms with van der Waals surface area (Å²) >= 11 is 0. The maximum atomic E-state index is 4.53. The number of aryl methyl sites for hydroxylation is 1. The quantitative estimate of drug-likeness (QED) is 0.770. The zero-order valence-electron chi connectivity index (χ0n) is 13.7. The zero-order chi connectivity index (χ0) is 15.4. The summed E-state index contributed by atoms with van der Waals surface area (Å²) in [6, 6.07) is 14.3. The van der Waals surface area contributed by atoms with Gasteiger partial charge in [0.25, 0.3) is 0 Å². The van der Waals surface area contributed by atoms with Gasteiger partial charge in [-0.15, -0.1) is 5.10 Å². The largest absolute Gasteiger partial charge is 0.344 e. The number of aromatic nitrogens is 3. The lowest BCUT2D eigenvalue weighted by atomic mass is 9.93. The molecule has 0 aliphatic heterocycles. The topological polar surface area (TPSA) is 73.7 Å². The normalized spacial score (nSPS) is 10.2. The van der Waals surface area contributed by atoms with Crippen LogP contribution in [0.2, 0.25) is 0 Å². The van der Waals surface area contributed by atoms with Crippen molar-refractivity contribution >= 4 is 0 Å². The van der Waals surface area contributed by atoms with Gasteiger partial charge < -0.3 is 6.15 Å². The predicted octanol–water partition coefficient (Wildman–Crippen LogP) is 4.49. The van der Waals surface area contributed by atoms with Gasteiger partial charge in [-0.05, 0) is 36.1 Å². The average Bonchev–Trinajstić information content (AvgIpc) is 2.61. The highest BCUT2D eigenvalue weighted by atomic mass is 15.1. The van der Waals surface area contributed by atoms with Crippen molar-refractivity contribution in [2.45, 2.75) is 26.7 Å². The van der Waals surface area contributed by atoms with Crippen LogP contribution in [0.3, 0.4) is 0 Å². The Kier molecular flexibility index (Phi) is 5.55. The Labute approximate surface area is 137 Å². The molecule has 4 heteroatoms. The van der Waals surface area contributed by atoms with Gasteiger partial charge in [0, 0.05) is 23.5 Å². The van der Waals surface area contributed by atoms with E-state index in [-0.39, 0.29) is 6.15 Å². The fourth-order valence-corrected chi connectivity index (χ4v) is 2.80. The van der Waals surface area contributed by atoms with E-state index in [9.17, 15) is 0 Å². The molecule has 0 saturated heterocycles. The van der Waals surface area contributed by atoms with Crippen molar-refractivity contribution in [1.82, 2.24) is 21.3 Å². The Hall–Kier alpha value is -2.59. The molecule has 3 rings (SSSR count). The fourth-order valence-electron chi connectivity index (χ4n) is 2.80. The molecule has 0 spiro atoms. The van der Waals surface area contributed by atoms with E-state index < -0.39 is 0 Å². The molecule has 23 heavy (non-hydrogen) atoms. The summed E-state index contributed by atoms with van der Waals surface area (Å²) in [5.74, 6) is 0. The van der Waals surface area contributed by atoms with Gasteiger partial charge in [0.15, 0.2) is 0 Å². The molecule has 0 atom stereocenters. The van der Waals surface area contributed by atoms with Gasteiger partial charge in [-0.1, -0.05) is 44.2 Å². The molecule has 0 aliphatic rings. The summed E-state index contributed by atoms with van der Waals surface area (Å²) in [6.45, 7) is 4.30. The van der Waals surface area contributed by atoms with Gasteiger partial charge in [0.2, 0.25) is 0 Å². The van der Waals surface area contributed by atoms with Crippen molar-refractivity contribution in [1.29, 1.82) is 0 Å². The Morgan fingerprint density at radius 3 is 2.09 bits per heavy atom. The molecule has 3 N–H and O–H groups in total. The third-order valence-corrected chi connectivity index (χ3v) is 3.86. The molecule has 0 fully saturated rings. The molecule has 4 nitrogen and oxygen atoms in total. The first-order valence-electron chi connectivity index (χ1n) is 7.69. The molecule has 0 amide bonds. The molecule has 3 aromatic rings. The minimum absolute atomic E-state index is 0. The van der Waals surface area contributed by atoms with E-state index >= 15 is 0 Å². The molecule has 0 bridgehead atoms. The standard InChI is InChI=1S/C19H19N3.H3N/c1-3-16-17(4-2)21-22-19(15-8-6-5-7-9-15)18(16)14-10-12-20-13-11-14;/h5-13H,3-4H2,1-2H3;1H3. The number of pyridine rings is 1. The monoisotopic (exact) mass is 306 g/mol. The molecule has 2 aromatic heterocycles. The first-order valence-corrected chi connectivity index (χ1v) is 7.69. The van der Waals surface area contributed by atoms with Crippen LogP contribution >= 0.6 is 0 Å². The van der Waals surface area contributed by atoms with Crippen molar-refractivity contribution in [2.75, 3.05) is 0 Å². The van der Waals surface area contributed by atoms with Crippen molar-refractivity contribution in [3.8, 4) is 22.4 Å². The van der Waals surface area contributed by atoms with Crippen molar-refractivity contribution < 1.29 is 0 Å². The number of nitrogens with zero attached hydrogens (tertiary/aromatic N) is 3. The van der Waals surface area contributed by atoms with Crippen LogP contribution in [0.4, 0.5) is 0 Å². The van der Waals surface area contributed by atoms with Crippen molar-refractivity contribution in [3.05, 3.63) is 66.1 Å². The second-order valence-corrected chi connectivity index (χ2v) is 5.16. The highest BCUT2D eigenvalue weighted by molar-refractivity contribution is 5.83. The van der Waals surface area contributed by atoms with Crippen LogP contribution in [-0.2, 0) is 12.8 Å². The smallest absolute Gasteiger partial charge is 0.101 e. The summed E-state index contributed by atoms with van der Waals surface area (Å²) < 4.78 is 0. The van der Waals surface area contributed by atoms with E-state index in [2.05, 4.69) is 41.2 Å².